The van der Waals surface area contributed by atoms with Crippen molar-refractivity contribution in [2.45, 2.75) is 26.8 Å². The molecule has 0 unspecified atom stereocenters. The summed E-state index contributed by atoms with van der Waals surface area (Å²) >= 11 is 5.98. The van der Waals surface area contributed by atoms with E-state index >= 15 is 0 Å². The first-order chi connectivity index (χ1) is 8.13. The highest BCUT2D eigenvalue weighted by molar-refractivity contribution is 6.30. The van der Waals surface area contributed by atoms with E-state index in [2.05, 4.69) is 11.9 Å². The maximum absolute atomic E-state index is 6.13. The molecule has 1 aromatic heterocycles. The smallest absolute Gasteiger partial charge is 0.131 e. The van der Waals surface area contributed by atoms with Gasteiger partial charge in [-0.15, -0.1) is 0 Å². The molecule has 1 heterocycles. The summed E-state index contributed by atoms with van der Waals surface area (Å²) in [6.45, 7) is 4.99. The van der Waals surface area contributed by atoms with Gasteiger partial charge in [-0.25, -0.2) is 4.98 Å². The quantitative estimate of drug-likeness (QED) is 0.905. The zero-order chi connectivity index (χ0) is 12.4. The minimum Gasteiger partial charge on any atom is -0.383 e. The van der Waals surface area contributed by atoms with Crippen molar-refractivity contribution in [1.29, 1.82) is 0 Å². The van der Waals surface area contributed by atoms with Gasteiger partial charge in [0.05, 0.1) is 0 Å². The molecule has 0 aliphatic rings. The molecule has 0 aliphatic heterocycles. The number of aromatic nitrogens is 2. The lowest BCUT2D eigenvalue weighted by Crippen LogP contribution is -2.04. The lowest BCUT2D eigenvalue weighted by molar-refractivity contribution is 0.665. The number of hydrogen-bond donors (Lipinski definition) is 1. The summed E-state index contributed by atoms with van der Waals surface area (Å²) in [5.41, 5.74) is 7.91. The average molecular weight is 250 g/mol. The highest BCUT2D eigenvalue weighted by Gasteiger charge is 2.12. The Balaban J connectivity index is 2.50. The van der Waals surface area contributed by atoms with Gasteiger partial charge in [0.25, 0.3) is 0 Å². The second-order valence-electron chi connectivity index (χ2n) is 4.05. The van der Waals surface area contributed by atoms with Gasteiger partial charge >= 0.3 is 0 Å². The van der Waals surface area contributed by atoms with E-state index in [0.717, 1.165) is 30.0 Å². The van der Waals surface area contributed by atoms with Crippen molar-refractivity contribution in [1.82, 2.24) is 9.55 Å². The van der Waals surface area contributed by atoms with E-state index in [1.54, 1.807) is 0 Å². The number of nitrogens with zero attached hydrogens (tertiary/aromatic N) is 2. The third-order valence-electron chi connectivity index (χ3n) is 2.74. The molecule has 0 saturated heterocycles. The SMILES string of the molecule is CCCn1c(C)nc(-c2cccc(Cl)c2)c1N. The molecule has 17 heavy (non-hydrogen) atoms. The minimum absolute atomic E-state index is 0.699. The second-order valence-corrected chi connectivity index (χ2v) is 4.49. The number of imidazole rings is 1. The van der Waals surface area contributed by atoms with Gasteiger partial charge in [0.15, 0.2) is 0 Å². The Labute approximate surface area is 106 Å². The molecule has 2 N–H and O–H groups in total. The van der Waals surface area contributed by atoms with Gasteiger partial charge in [-0.2, -0.15) is 0 Å². The van der Waals surface area contributed by atoms with Crippen LogP contribution in [0.4, 0.5) is 5.82 Å². The molecule has 0 aliphatic carbocycles. The molecule has 0 bridgehead atoms. The molecule has 90 valence electrons. The van der Waals surface area contributed by atoms with Gasteiger partial charge in [0.1, 0.15) is 17.3 Å². The maximum atomic E-state index is 6.13. The Morgan fingerprint density at radius 3 is 2.82 bits per heavy atom. The number of nitrogens with two attached hydrogens (primary N) is 1. The molecule has 4 heteroatoms. The van der Waals surface area contributed by atoms with E-state index < -0.39 is 0 Å². The third-order valence-corrected chi connectivity index (χ3v) is 2.98. The van der Waals surface area contributed by atoms with E-state index in [4.69, 9.17) is 17.3 Å². The summed E-state index contributed by atoms with van der Waals surface area (Å²) in [6, 6.07) is 7.61. The highest BCUT2D eigenvalue weighted by Crippen LogP contribution is 2.28. The monoisotopic (exact) mass is 249 g/mol. The van der Waals surface area contributed by atoms with Crippen molar-refractivity contribution >= 4 is 17.4 Å². The van der Waals surface area contributed by atoms with Gasteiger partial charge in [-0.1, -0.05) is 30.7 Å². The van der Waals surface area contributed by atoms with E-state index in [1.807, 2.05) is 35.8 Å². The largest absolute Gasteiger partial charge is 0.383 e. The van der Waals surface area contributed by atoms with E-state index in [-0.39, 0.29) is 0 Å². The van der Waals surface area contributed by atoms with E-state index in [9.17, 15) is 0 Å². The van der Waals surface area contributed by atoms with E-state index in [1.165, 1.54) is 0 Å². The Kier molecular flexibility index (Phi) is 3.38. The molecule has 1 aromatic carbocycles. The van der Waals surface area contributed by atoms with Crippen LogP contribution in [-0.4, -0.2) is 9.55 Å². The topological polar surface area (TPSA) is 43.8 Å². The van der Waals surface area contributed by atoms with Gasteiger partial charge in [0, 0.05) is 17.1 Å². The van der Waals surface area contributed by atoms with Gasteiger partial charge in [-0.05, 0) is 25.5 Å². The standard InChI is InChI=1S/C13H16ClN3/c1-3-7-17-9(2)16-12(13(17)15)10-5-4-6-11(14)8-10/h4-6,8H,3,7,15H2,1-2H3. The van der Waals surface area contributed by atoms with Crippen LogP contribution >= 0.6 is 11.6 Å². The molecule has 0 radical (unpaired) electrons. The summed E-state index contributed by atoms with van der Waals surface area (Å²) in [4.78, 5) is 4.52. The lowest BCUT2D eigenvalue weighted by atomic mass is 10.1. The van der Waals surface area contributed by atoms with Crippen LogP contribution < -0.4 is 5.73 Å². The Morgan fingerprint density at radius 1 is 1.41 bits per heavy atom. The second kappa shape index (κ2) is 4.80. The van der Waals surface area contributed by atoms with Crippen LogP contribution in [0.15, 0.2) is 24.3 Å². The number of anilines is 1. The molecule has 3 nitrogen and oxygen atoms in total. The lowest BCUT2D eigenvalue weighted by Gasteiger charge is -2.05. The first-order valence-electron chi connectivity index (χ1n) is 5.72. The van der Waals surface area contributed by atoms with Crippen LogP contribution in [0.1, 0.15) is 19.2 Å². The Hall–Kier alpha value is -1.48. The van der Waals surface area contributed by atoms with Gasteiger partial charge in [0.2, 0.25) is 0 Å². The highest BCUT2D eigenvalue weighted by atomic mass is 35.5. The van der Waals surface area contributed by atoms with Crippen molar-refractivity contribution in [3.05, 3.63) is 35.1 Å². The number of rotatable bonds is 3. The summed E-state index contributed by atoms with van der Waals surface area (Å²) in [5, 5.41) is 0.699. The fourth-order valence-electron chi connectivity index (χ4n) is 1.94. The van der Waals surface area contributed by atoms with Crippen molar-refractivity contribution in [3.63, 3.8) is 0 Å². The van der Waals surface area contributed by atoms with Crippen LogP contribution in [0, 0.1) is 6.92 Å². The normalized spacial score (nSPS) is 10.8. The summed E-state index contributed by atoms with van der Waals surface area (Å²) in [7, 11) is 0. The fourth-order valence-corrected chi connectivity index (χ4v) is 2.13. The molecule has 0 saturated carbocycles. The van der Waals surface area contributed by atoms with Gasteiger partial charge < -0.3 is 10.3 Å². The number of halogens is 1. The summed E-state index contributed by atoms with van der Waals surface area (Å²) < 4.78 is 2.04. The molecule has 2 aromatic rings. The van der Waals surface area contributed by atoms with Crippen LogP contribution in [-0.2, 0) is 6.54 Å². The third kappa shape index (κ3) is 2.29. The van der Waals surface area contributed by atoms with Crippen molar-refractivity contribution < 1.29 is 0 Å². The average Bonchev–Trinajstić information content (AvgIpc) is 2.57. The molecule has 2 rings (SSSR count). The number of hydrogen-bond acceptors (Lipinski definition) is 2. The molecule has 0 atom stereocenters. The minimum atomic E-state index is 0.699. The number of aryl methyl sites for hydroxylation is 1. The summed E-state index contributed by atoms with van der Waals surface area (Å²) in [5.74, 6) is 1.66. The first kappa shape index (κ1) is 12.0. The predicted molar refractivity (Wildman–Crippen MR) is 72.1 cm³/mol. The van der Waals surface area contributed by atoms with E-state index in [0.29, 0.717) is 10.8 Å². The van der Waals surface area contributed by atoms with Crippen LogP contribution in [0.25, 0.3) is 11.3 Å². The number of benzene rings is 1. The zero-order valence-corrected chi connectivity index (χ0v) is 10.8. The predicted octanol–water partition coefficient (Wildman–Crippen LogP) is 3.50. The van der Waals surface area contributed by atoms with Crippen molar-refractivity contribution in [2.24, 2.45) is 0 Å². The maximum Gasteiger partial charge on any atom is 0.131 e. The van der Waals surface area contributed by atoms with Crippen LogP contribution in [0.3, 0.4) is 0 Å². The van der Waals surface area contributed by atoms with Crippen molar-refractivity contribution in [2.75, 3.05) is 5.73 Å². The fraction of sp³-hybridized carbons (Fsp3) is 0.308. The summed E-state index contributed by atoms with van der Waals surface area (Å²) in [6.07, 6.45) is 1.04. The Bertz CT molecular complexity index is 531. The molecule has 0 amide bonds. The van der Waals surface area contributed by atoms with Crippen LogP contribution in [0.5, 0.6) is 0 Å². The van der Waals surface area contributed by atoms with Gasteiger partial charge in [-0.3, -0.25) is 0 Å². The molecule has 0 spiro atoms. The molecular formula is C13H16ClN3. The first-order valence-corrected chi connectivity index (χ1v) is 6.09. The zero-order valence-electron chi connectivity index (χ0n) is 10.1. The Morgan fingerprint density at radius 2 is 2.18 bits per heavy atom. The number of nitrogen functional groups attached to an aromatic ring is 1. The molecule has 0 fully saturated rings. The molecular weight excluding hydrogens is 234 g/mol. The van der Waals surface area contributed by atoms with Crippen LogP contribution in [0.2, 0.25) is 5.02 Å². The van der Waals surface area contributed by atoms with Crippen molar-refractivity contribution in [3.8, 4) is 11.3 Å².